The van der Waals surface area contributed by atoms with Crippen molar-refractivity contribution in [2.75, 3.05) is 7.05 Å². The monoisotopic (exact) mass is 285 g/mol. The molecule has 0 atom stereocenters. The molecule has 0 spiro atoms. The first kappa shape index (κ1) is 14.6. The van der Waals surface area contributed by atoms with Crippen molar-refractivity contribution < 1.29 is 22.8 Å². The second-order valence-corrected chi connectivity index (χ2v) is 4.91. The van der Waals surface area contributed by atoms with Gasteiger partial charge in [-0.05, 0) is 25.0 Å². The van der Waals surface area contributed by atoms with Crippen molar-refractivity contribution in [3.63, 3.8) is 0 Å². The van der Waals surface area contributed by atoms with Gasteiger partial charge in [0.1, 0.15) is 5.78 Å². The lowest BCUT2D eigenvalue weighted by Crippen LogP contribution is -2.40. The number of Topliss-reactive ketones (excluding diaryl/α,β-unsaturated/α-hetero) is 1. The quantitative estimate of drug-likeness (QED) is 0.783. The van der Waals surface area contributed by atoms with Crippen LogP contribution in [0.4, 0.5) is 13.2 Å². The predicted molar refractivity (Wildman–Crippen MR) is 65.7 cm³/mol. The summed E-state index contributed by atoms with van der Waals surface area (Å²) in [6.07, 6.45) is 1.77. The number of hydrogen-bond acceptors (Lipinski definition) is 2. The highest BCUT2D eigenvalue weighted by atomic mass is 19.2. The Labute approximate surface area is 114 Å². The van der Waals surface area contributed by atoms with Crippen molar-refractivity contribution in [1.82, 2.24) is 4.90 Å². The second kappa shape index (κ2) is 5.64. The highest BCUT2D eigenvalue weighted by molar-refractivity contribution is 5.94. The largest absolute Gasteiger partial charge is 0.339 e. The van der Waals surface area contributed by atoms with Crippen LogP contribution < -0.4 is 0 Å². The third-order valence-electron chi connectivity index (χ3n) is 3.65. The van der Waals surface area contributed by atoms with Gasteiger partial charge in [0.05, 0.1) is 5.56 Å². The zero-order valence-electron chi connectivity index (χ0n) is 11.0. The first-order valence-corrected chi connectivity index (χ1v) is 6.34. The van der Waals surface area contributed by atoms with Crippen LogP contribution in [0.15, 0.2) is 12.1 Å². The molecule has 1 aromatic carbocycles. The number of halogens is 3. The zero-order chi connectivity index (χ0) is 14.9. The summed E-state index contributed by atoms with van der Waals surface area (Å²) in [7, 11) is 1.48. The van der Waals surface area contributed by atoms with Gasteiger partial charge in [-0.25, -0.2) is 13.2 Å². The lowest BCUT2D eigenvalue weighted by atomic mass is 9.93. The van der Waals surface area contributed by atoms with Crippen LogP contribution >= 0.6 is 0 Å². The molecule has 0 aromatic heterocycles. The Balaban J connectivity index is 2.19. The van der Waals surface area contributed by atoms with E-state index in [1.54, 1.807) is 0 Å². The van der Waals surface area contributed by atoms with Crippen LogP contribution in [-0.4, -0.2) is 29.7 Å². The van der Waals surface area contributed by atoms with Crippen molar-refractivity contribution in [2.24, 2.45) is 0 Å². The number of carbonyl (C=O) groups is 2. The maximum Gasteiger partial charge on any atom is 0.256 e. The Kier molecular flexibility index (Phi) is 4.11. The summed E-state index contributed by atoms with van der Waals surface area (Å²) in [4.78, 5) is 24.6. The molecule has 1 amide bonds. The number of benzene rings is 1. The van der Waals surface area contributed by atoms with E-state index in [9.17, 15) is 22.8 Å². The third kappa shape index (κ3) is 2.69. The average Bonchev–Trinajstić information content (AvgIpc) is 2.44. The van der Waals surface area contributed by atoms with E-state index in [0.717, 1.165) is 12.1 Å². The summed E-state index contributed by atoms with van der Waals surface area (Å²) >= 11 is 0. The van der Waals surface area contributed by atoms with Crippen molar-refractivity contribution in [1.29, 1.82) is 0 Å². The standard InChI is InChI=1S/C14H14F3NO2/c1-18(8-2-4-9(19)5-3-8)14(20)10-6-7-11(15)13(17)12(10)16/h6-8H,2-5H2,1H3. The van der Waals surface area contributed by atoms with Crippen molar-refractivity contribution >= 4 is 11.7 Å². The van der Waals surface area contributed by atoms with Crippen LogP contribution in [0, 0.1) is 17.5 Å². The van der Waals surface area contributed by atoms with Crippen LogP contribution in [-0.2, 0) is 4.79 Å². The van der Waals surface area contributed by atoms with Crippen LogP contribution in [0.5, 0.6) is 0 Å². The average molecular weight is 285 g/mol. The highest BCUT2D eigenvalue weighted by Crippen LogP contribution is 2.23. The molecule has 3 nitrogen and oxygen atoms in total. The minimum Gasteiger partial charge on any atom is -0.339 e. The van der Waals surface area contributed by atoms with Crippen LogP contribution in [0.25, 0.3) is 0 Å². The Morgan fingerprint density at radius 1 is 1.15 bits per heavy atom. The van der Waals surface area contributed by atoms with Gasteiger partial charge in [0.25, 0.3) is 5.91 Å². The van der Waals surface area contributed by atoms with Crippen molar-refractivity contribution in [3.8, 4) is 0 Å². The van der Waals surface area contributed by atoms with Gasteiger partial charge >= 0.3 is 0 Å². The van der Waals surface area contributed by atoms with Crippen molar-refractivity contribution in [3.05, 3.63) is 35.1 Å². The molecular weight excluding hydrogens is 271 g/mol. The molecule has 0 aliphatic heterocycles. The van der Waals surface area contributed by atoms with Crippen LogP contribution in [0.3, 0.4) is 0 Å². The fourth-order valence-electron chi connectivity index (χ4n) is 2.36. The second-order valence-electron chi connectivity index (χ2n) is 4.91. The molecule has 0 bridgehead atoms. The Morgan fingerprint density at radius 3 is 2.35 bits per heavy atom. The summed E-state index contributed by atoms with van der Waals surface area (Å²) in [6, 6.07) is 1.47. The number of carbonyl (C=O) groups excluding carboxylic acids is 2. The zero-order valence-corrected chi connectivity index (χ0v) is 11.0. The third-order valence-corrected chi connectivity index (χ3v) is 3.65. The van der Waals surface area contributed by atoms with E-state index in [1.807, 2.05) is 0 Å². The van der Waals surface area contributed by atoms with Crippen molar-refractivity contribution in [2.45, 2.75) is 31.7 Å². The summed E-state index contributed by atoms with van der Waals surface area (Å²) in [5, 5.41) is 0. The molecule has 20 heavy (non-hydrogen) atoms. The number of amides is 1. The molecule has 2 rings (SSSR count). The number of rotatable bonds is 2. The number of ketones is 1. The topological polar surface area (TPSA) is 37.4 Å². The molecule has 1 aliphatic carbocycles. The van der Waals surface area contributed by atoms with Gasteiger partial charge in [0.15, 0.2) is 17.5 Å². The summed E-state index contributed by atoms with van der Waals surface area (Å²) in [5.74, 6) is -5.02. The summed E-state index contributed by atoms with van der Waals surface area (Å²) < 4.78 is 39.6. The maximum atomic E-state index is 13.6. The van der Waals surface area contributed by atoms with Gasteiger partial charge in [0.2, 0.25) is 0 Å². The Hall–Kier alpha value is -1.85. The Morgan fingerprint density at radius 2 is 1.75 bits per heavy atom. The van der Waals surface area contributed by atoms with E-state index in [1.165, 1.54) is 11.9 Å². The van der Waals surface area contributed by atoms with E-state index in [4.69, 9.17) is 0 Å². The van der Waals surface area contributed by atoms with E-state index >= 15 is 0 Å². The number of hydrogen-bond donors (Lipinski definition) is 0. The van der Waals surface area contributed by atoms with Gasteiger partial charge in [0, 0.05) is 25.9 Å². The predicted octanol–water partition coefficient (Wildman–Crippen LogP) is 2.69. The van der Waals surface area contributed by atoms with E-state index in [-0.39, 0.29) is 11.8 Å². The van der Waals surface area contributed by atoms with Gasteiger partial charge in [-0.1, -0.05) is 0 Å². The minimum atomic E-state index is -1.65. The van der Waals surface area contributed by atoms with Crippen LogP contribution in [0.2, 0.25) is 0 Å². The SMILES string of the molecule is CN(C(=O)c1ccc(F)c(F)c1F)C1CCC(=O)CC1. The molecule has 1 saturated carbocycles. The molecule has 108 valence electrons. The fraction of sp³-hybridized carbons (Fsp3) is 0.429. The molecule has 1 aliphatic rings. The molecule has 1 aromatic rings. The van der Waals surface area contributed by atoms with E-state index in [2.05, 4.69) is 0 Å². The molecule has 6 heteroatoms. The first-order chi connectivity index (χ1) is 9.41. The molecular formula is C14H14F3NO2. The van der Waals surface area contributed by atoms with E-state index in [0.29, 0.717) is 25.7 Å². The van der Waals surface area contributed by atoms with Gasteiger partial charge in [-0.15, -0.1) is 0 Å². The smallest absolute Gasteiger partial charge is 0.256 e. The normalized spacial score (nSPS) is 16.3. The van der Waals surface area contributed by atoms with Crippen LogP contribution in [0.1, 0.15) is 36.0 Å². The lowest BCUT2D eigenvalue weighted by molar-refractivity contribution is -0.121. The first-order valence-electron chi connectivity index (χ1n) is 6.34. The molecule has 0 N–H and O–H groups in total. The lowest BCUT2D eigenvalue weighted by Gasteiger charge is -2.30. The molecule has 0 saturated heterocycles. The molecule has 0 heterocycles. The highest BCUT2D eigenvalue weighted by Gasteiger charge is 2.28. The van der Waals surface area contributed by atoms with Gasteiger partial charge in [-0.3, -0.25) is 9.59 Å². The minimum absolute atomic E-state index is 0.140. The van der Waals surface area contributed by atoms with E-state index < -0.39 is 28.9 Å². The number of nitrogens with zero attached hydrogens (tertiary/aromatic N) is 1. The molecule has 0 radical (unpaired) electrons. The fourth-order valence-corrected chi connectivity index (χ4v) is 2.36. The summed E-state index contributed by atoms with van der Waals surface area (Å²) in [6.45, 7) is 0. The van der Waals surface area contributed by atoms with Gasteiger partial charge < -0.3 is 4.90 Å². The van der Waals surface area contributed by atoms with Gasteiger partial charge in [-0.2, -0.15) is 0 Å². The maximum absolute atomic E-state index is 13.6. The molecule has 0 unspecified atom stereocenters. The Bertz CT molecular complexity index is 550. The summed E-state index contributed by atoms with van der Waals surface area (Å²) in [5.41, 5.74) is -0.497. The molecule has 1 fully saturated rings.